The fourth-order valence-electron chi connectivity index (χ4n) is 4.37. The lowest BCUT2D eigenvalue weighted by molar-refractivity contribution is 1.23. The predicted molar refractivity (Wildman–Crippen MR) is 152 cm³/mol. The Morgan fingerprint density at radius 2 is 1.11 bits per heavy atom. The smallest absolute Gasteiger partial charge is 0.129 e. The van der Waals surface area contributed by atoms with E-state index in [4.69, 9.17) is 0 Å². The van der Waals surface area contributed by atoms with Crippen molar-refractivity contribution in [2.24, 2.45) is 0 Å². The third-order valence-electron chi connectivity index (χ3n) is 6.07. The van der Waals surface area contributed by atoms with Gasteiger partial charge in [0.05, 0.1) is 0 Å². The number of aromatic nitrogens is 4. The molecule has 5 heteroatoms. The normalized spacial score (nSPS) is 12.4. The van der Waals surface area contributed by atoms with Gasteiger partial charge in [0.2, 0.25) is 0 Å². The maximum absolute atomic E-state index is 3.62. The highest BCUT2D eigenvalue weighted by molar-refractivity contribution is 6.83. The van der Waals surface area contributed by atoms with Crippen LogP contribution in [0.1, 0.15) is 28.3 Å². The van der Waals surface area contributed by atoms with Crippen molar-refractivity contribution in [3.63, 3.8) is 0 Å². The Bertz CT molecular complexity index is 1870. The van der Waals surface area contributed by atoms with Crippen LogP contribution >= 0.6 is 0 Å². The zero-order valence-corrected chi connectivity index (χ0v) is 21.7. The molecule has 0 saturated carbocycles. The summed E-state index contributed by atoms with van der Waals surface area (Å²) in [6.45, 7) is 6.80. The highest BCUT2D eigenvalue weighted by atomic mass is 28.3. The summed E-state index contributed by atoms with van der Waals surface area (Å²) in [6, 6.07) is 23.4. The molecule has 0 aliphatic carbocycles. The van der Waals surface area contributed by atoms with E-state index < -0.39 is 8.07 Å². The molecule has 4 nitrogen and oxygen atoms in total. The molecule has 36 heavy (non-hydrogen) atoms. The monoisotopic (exact) mass is 484 g/mol. The number of benzene rings is 1. The minimum atomic E-state index is -1.41. The lowest BCUT2D eigenvalue weighted by atomic mass is 10.1. The summed E-state index contributed by atoms with van der Waals surface area (Å²) in [5.41, 5.74) is 11.0. The number of aromatic amines is 4. The molecular formula is C31H28N4Si. The number of fused-ring (bicyclic) bond motifs is 8. The first-order valence-electron chi connectivity index (χ1n) is 12.2. The molecule has 0 spiro atoms. The van der Waals surface area contributed by atoms with Gasteiger partial charge in [-0.2, -0.15) is 0 Å². The van der Waals surface area contributed by atoms with Crippen LogP contribution in [0.25, 0.3) is 35.4 Å². The highest BCUT2D eigenvalue weighted by Gasteiger charge is 2.08. The Kier molecular flexibility index (Phi) is 5.32. The summed E-state index contributed by atoms with van der Waals surface area (Å²) in [7, 11) is -1.41. The van der Waals surface area contributed by atoms with E-state index >= 15 is 0 Å². The lowest BCUT2D eigenvalue weighted by Crippen LogP contribution is -2.16. The van der Waals surface area contributed by atoms with Crippen molar-refractivity contribution in [1.29, 1.82) is 0 Å². The van der Waals surface area contributed by atoms with Gasteiger partial charge in [0.25, 0.3) is 0 Å². The van der Waals surface area contributed by atoms with Crippen molar-refractivity contribution in [3.8, 4) is 22.6 Å². The molecule has 4 N–H and O–H groups in total. The molecule has 0 unspecified atom stereocenters. The standard InChI is InChI=1S/C31H28N4Si/c1-36(2,3)15-14-21-4-6-22(7-5-21)30-19-29-18-27-11-10-25(33-27)16-23-8-9-24(32-23)17-26-12-13-28(34-26)20-31(30)35-29/h4-13,16-20,32-35H,1-3H3. The van der Waals surface area contributed by atoms with Gasteiger partial charge in [0.1, 0.15) is 8.07 Å². The fraction of sp³-hybridized carbons (Fsp3) is 0.0968. The molecule has 6 rings (SSSR count). The van der Waals surface area contributed by atoms with E-state index in [1.54, 1.807) is 0 Å². The minimum Gasteiger partial charge on any atom is -0.355 e. The van der Waals surface area contributed by atoms with Crippen LogP contribution in [0.15, 0.2) is 66.7 Å². The van der Waals surface area contributed by atoms with Crippen LogP contribution in [0.5, 0.6) is 0 Å². The van der Waals surface area contributed by atoms with Gasteiger partial charge >= 0.3 is 0 Å². The maximum Gasteiger partial charge on any atom is 0.129 e. The molecule has 176 valence electrons. The van der Waals surface area contributed by atoms with Crippen LogP contribution < -0.4 is 21.4 Å². The quantitative estimate of drug-likeness (QED) is 0.204. The van der Waals surface area contributed by atoms with Crippen molar-refractivity contribution in [2.45, 2.75) is 19.6 Å². The number of hydrogen-bond donors (Lipinski definition) is 4. The largest absolute Gasteiger partial charge is 0.355 e. The van der Waals surface area contributed by atoms with Crippen LogP contribution in [-0.4, -0.2) is 28.0 Å². The van der Waals surface area contributed by atoms with Gasteiger partial charge in [-0.1, -0.05) is 37.7 Å². The van der Waals surface area contributed by atoms with Crippen molar-refractivity contribution >= 4 is 32.4 Å². The molecule has 0 amide bonds. The van der Waals surface area contributed by atoms with Gasteiger partial charge in [0.15, 0.2) is 0 Å². The zero-order valence-electron chi connectivity index (χ0n) is 20.7. The van der Waals surface area contributed by atoms with E-state index in [0.717, 1.165) is 60.9 Å². The Labute approximate surface area is 210 Å². The summed E-state index contributed by atoms with van der Waals surface area (Å²) in [6.07, 6.45) is 8.55. The van der Waals surface area contributed by atoms with Gasteiger partial charge in [-0.05, 0) is 84.5 Å². The molecular weight excluding hydrogens is 456 g/mol. The molecule has 0 fully saturated rings. The molecule has 1 aliphatic heterocycles. The van der Waals surface area contributed by atoms with Gasteiger partial charge in [-0.25, -0.2) is 0 Å². The molecule has 0 atom stereocenters. The molecule has 1 aliphatic rings. The second-order valence-corrected chi connectivity index (χ2v) is 15.1. The first kappa shape index (κ1) is 22.1. The first-order valence-corrected chi connectivity index (χ1v) is 15.7. The van der Waals surface area contributed by atoms with E-state index in [1.807, 2.05) is 0 Å². The first-order chi connectivity index (χ1) is 17.4. The third-order valence-corrected chi connectivity index (χ3v) is 6.95. The topological polar surface area (TPSA) is 63.2 Å². The van der Waals surface area contributed by atoms with Gasteiger partial charge in [-0.3, -0.25) is 0 Å². The van der Waals surface area contributed by atoms with Crippen LogP contribution in [0, 0.1) is 11.5 Å². The van der Waals surface area contributed by atoms with E-state index in [1.165, 1.54) is 0 Å². The van der Waals surface area contributed by atoms with Crippen LogP contribution in [0.4, 0.5) is 0 Å². The maximum atomic E-state index is 3.62. The minimum absolute atomic E-state index is 1.04. The molecule has 1 aromatic carbocycles. The summed E-state index contributed by atoms with van der Waals surface area (Å²) in [4.78, 5) is 14.1. The molecule has 5 heterocycles. The van der Waals surface area contributed by atoms with Crippen LogP contribution in [0.3, 0.4) is 0 Å². The van der Waals surface area contributed by atoms with Crippen molar-refractivity contribution in [2.75, 3.05) is 0 Å². The van der Waals surface area contributed by atoms with Gasteiger partial charge < -0.3 is 19.9 Å². The summed E-state index contributed by atoms with van der Waals surface area (Å²) in [5.74, 6) is 3.36. The van der Waals surface area contributed by atoms with Crippen LogP contribution in [0.2, 0.25) is 19.6 Å². The zero-order chi connectivity index (χ0) is 24.7. The Morgan fingerprint density at radius 3 is 1.69 bits per heavy atom. The third kappa shape index (κ3) is 4.86. The number of nitrogens with one attached hydrogen (secondary N) is 4. The summed E-state index contributed by atoms with van der Waals surface area (Å²) in [5, 5.41) is 4.21. The number of H-pyrrole nitrogens is 4. The van der Waals surface area contributed by atoms with Crippen LogP contribution in [-0.2, 0) is 0 Å². The van der Waals surface area contributed by atoms with Gasteiger partial charge in [-0.15, -0.1) is 5.54 Å². The molecule has 0 saturated heterocycles. The fourth-order valence-corrected chi connectivity index (χ4v) is 4.89. The van der Waals surface area contributed by atoms with Crippen molar-refractivity contribution in [3.05, 3.63) is 116 Å². The Morgan fingerprint density at radius 1 is 0.556 bits per heavy atom. The average molecular weight is 485 g/mol. The number of rotatable bonds is 1. The van der Waals surface area contributed by atoms with Crippen molar-refractivity contribution < 1.29 is 0 Å². The number of hydrogen-bond acceptors (Lipinski definition) is 0. The SMILES string of the molecule is C[Si](C)(C)C#Cc1ccc(-c2cc3[nH]c2=Cc2ccc([nH]2)C=c2ccc([nH]2)=Cc2ccc([nH]2)C=3)cc1. The van der Waals surface area contributed by atoms with Crippen molar-refractivity contribution in [1.82, 2.24) is 19.9 Å². The van der Waals surface area contributed by atoms with E-state index in [0.29, 0.717) is 0 Å². The predicted octanol–water partition coefficient (Wildman–Crippen LogP) is 3.52. The molecule has 8 bridgehead atoms. The Balaban J connectivity index is 1.50. The highest BCUT2D eigenvalue weighted by Crippen LogP contribution is 2.16. The second-order valence-electron chi connectivity index (χ2n) is 10.3. The lowest BCUT2D eigenvalue weighted by Gasteiger charge is -2.03. The van der Waals surface area contributed by atoms with E-state index in [-0.39, 0.29) is 0 Å². The molecule has 5 aromatic rings. The average Bonchev–Trinajstić information content (AvgIpc) is 3.63. The van der Waals surface area contributed by atoms with E-state index in [9.17, 15) is 0 Å². The molecule has 4 aromatic heterocycles. The Hall–Kier alpha value is -4.40. The molecule has 0 radical (unpaired) electrons. The van der Waals surface area contributed by atoms with Gasteiger partial charge in [0, 0.05) is 55.3 Å². The van der Waals surface area contributed by atoms with E-state index in [2.05, 4.69) is 142 Å². The summed E-state index contributed by atoms with van der Waals surface area (Å²) >= 11 is 0. The summed E-state index contributed by atoms with van der Waals surface area (Å²) < 4.78 is 0. The second kappa shape index (κ2) is 8.67.